The number of fused-ring (bicyclic) bond motifs is 2. The first-order valence-corrected chi connectivity index (χ1v) is 7.08. The molecule has 1 aliphatic carbocycles. The third-order valence-electron chi connectivity index (χ3n) is 3.15. The lowest BCUT2D eigenvalue weighted by molar-refractivity contribution is -0.110. The van der Waals surface area contributed by atoms with Crippen molar-refractivity contribution in [1.82, 2.24) is 6.15 Å². The van der Waals surface area contributed by atoms with Gasteiger partial charge in [-0.15, -0.1) is 0 Å². The van der Waals surface area contributed by atoms with Crippen molar-refractivity contribution in [3.05, 3.63) is 53.6 Å². The SMILES string of the molecule is O=C1C=C(S(=O)(=O)[O-])c2cc3ccccc3cc2C1=O.[NH4+]. The molecule has 0 amide bonds. The second kappa shape index (κ2) is 4.88. The maximum Gasteiger partial charge on any atom is 0.233 e. The third kappa shape index (κ3) is 2.38. The van der Waals surface area contributed by atoms with Gasteiger partial charge in [0.05, 0.1) is 4.91 Å². The molecule has 0 bridgehead atoms. The summed E-state index contributed by atoms with van der Waals surface area (Å²) in [4.78, 5) is 22.7. The molecule has 6 nitrogen and oxygen atoms in total. The lowest BCUT2D eigenvalue weighted by atomic mass is 9.92. The normalized spacial score (nSPS) is 14.4. The third-order valence-corrected chi connectivity index (χ3v) is 4.03. The minimum atomic E-state index is -4.83. The van der Waals surface area contributed by atoms with Crippen LogP contribution < -0.4 is 6.15 Å². The van der Waals surface area contributed by atoms with Gasteiger partial charge in [0.2, 0.25) is 11.6 Å². The van der Waals surface area contributed by atoms with E-state index in [2.05, 4.69) is 0 Å². The van der Waals surface area contributed by atoms with E-state index in [1.54, 1.807) is 24.3 Å². The van der Waals surface area contributed by atoms with Crippen molar-refractivity contribution in [3.63, 3.8) is 0 Å². The highest BCUT2D eigenvalue weighted by Crippen LogP contribution is 2.32. The number of Topliss-reactive ketones (excluding diaryl/α,β-unsaturated/α-hetero) is 1. The van der Waals surface area contributed by atoms with Crippen molar-refractivity contribution >= 4 is 37.4 Å². The molecule has 108 valence electrons. The van der Waals surface area contributed by atoms with E-state index in [1.165, 1.54) is 12.1 Å². The first-order valence-electron chi connectivity index (χ1n) is 5.67. The summed E-state index contributed by atoms with van der Waals surface area (Å²) in [6.07, 6.45) is 0.599. The van der Waals surface area contributed by atoms with Crippen molar-refractivity contribution in [3.8, 4) is 0 Å². The molecular formula is C14H11NO5S. The van der Waals surface area contributed by atoms with Gasteiger partial charge in [-0.3, -0.25) is 9.59 Å². The van der Waals surface area contributed by atoms with Crippen LogP contribution in [0.15, 0.2) is 42.5 Å². The number of ketones is 2. The van der Waals surface area contributed by atoms with Crippen molar-refractivity contribution in [2.75, 3.05) is 0 Å². The Morgan fingerprint density at radius 3 is 1.95 bits per heavy atom. The second-order valence-corrected chi connectivity index (χ2v) is 5.75. The zero-order valence-electron chi connectivity index (χ0n) is 11.0. The molecule has 0 aromatic heterocycles. The minimum absolute atomic E-state index is 0. The van der Waals surface area contributed by atoms with Crippen LogP contribution in [0, 0.1) is 0 Å². The van der Waals surface area contributed by atoms with E-state index in [-0.39, 0.29) is 17.3 Å². The van der Waals surface area contributed by atoms with Crippen LogP contribution >= 0.6 is 0 Å². The van der Waals surface area contributed by atoms with E-state index in [0.29, 0.717) is 16.8 Å². The number of benzene rings is 2. The van der Waals surface area contributed by atoms with E-state index >= 15 is 0 Å². The summed E-state index contributed by atoms with van der Waals surface area (Å²) in [5, 5.41) is 1.37. The summed E-state index contributed by atoms with van der Waals surface area (Å²) in [6.45, 7) is 0. The molecule has 0 saturated heterocycles. The Morgan fingerprint density at radius 1 is 0.905 bits per heavy atom. The standard InChI is InChI=1S/C14H8O5S.H3N/c15-12-7-13(20(17,18)19)10-5-8-3-1-2-4-9(8)6-11(10)14(12)16;/h1-7H,(H,17,18,19);1H3. The average Bonchev–Trinajstić information content (AvgIpc) is 2.40. The van der Waals surface area contributed by atoms with Gasteiger partial charge in [0, 0.05) is 17.2 Å². The van der Waals surface area contributed by atoms with Gasteiger partial charge in [0.1, 0.15) is 10.1 Å². The molecule has 0 spiro atoms. The smallest absolute Gasteiger partial charge is 0.233 e. The fourth-order valence-electron chi connectivity index (χ4n) is 2.23. The average molecular weight is 305 g/mol. The van der Waals surface area contributed by atoms with E-state index in [9.17, 15) is 22.6 Å². The Kier molecular flexibility index (Phi) is 3.50. The van der Waals surface area contributed by atoms with Gasteiger partial charge in [-0.1, -0.05) is 24.3 Å². The minimum Gasteiger partial charge on any atom is -0.744 e. The summed E-state index contributed by atoms with van der Waals surface area (Å²) in [5.74, 6) is -1.81. The van der Waals surface area contributed by atoms with Crippen molar-refractivity contribution in [1.29, 1.82) is 0 Å². The Morgan fingerprint density at radius 2 is 1.43 bits per heavy atom. The Labute approximate surface area is 120 Å². The maximum absolute atomic E-state index is 11.8. The molecule has 0 heterocycles. The summed E-state index contributed by atoms with van der Waals surface area (Å²) in [7, 11) is -4.83. The van der Waals surface area contributed by atoms with Gasteiger partial charge < -0.3 is 10.7 Å². The first kappa shape index (κ1) is 15.0. The fraction of sp³-hybridized carbons (Fsp3) is 0. The van der Waals surface area contributed by atoms with Crippen molar-refractivity contribution < 1.29 is 22.6 Å². The molecular weight excluding hydrogens is 294 g/mol. The highest BCUT2D eigenvalue weighted by atomic mass is 32.2. The molecule has 0 aliphatic heterocycles. The number of quaternary nitrogens is 1. The molecule has 3 rings (SSSR count). The van der Waals surface area contributed by atoms with Crippen LogP contribution in [0.1, 0.15) is 15.9 Å². The van der Waals surface area contributed by atoms with E-state index in [4.69, 9.17) is 0 Å². The Hall–Kier alpha value is -2.35. The van der Waals surface area contributed by atoms with Crippen LogP contribution in [-0.2, 0) is 14.9 Å². The van der Waals surface area contributed by atoms with Gasteiger partial charge in [-0.05, 0) is 22.9 Å². The molecule has 4 N–H and O–H groups in total. The van der Waals surface area contributed by atoms with Crippen LogP contribution in [0.3, 0.4) is 0 Å². The van der Waals surface area contributed by atoms with Gasteiger partial charge >= 0.3 is 0 Å². The highest BCUT2D eigenvalue weighted by molar-refractivity contribution is 7.95. The molecule has 1 aliphatic rings. The van der Waals surface area contributed by atoms with Crippen LogP contribution in [-0.4, -0.2) is 24.5 Å². The predicted molar refractivity (Wildman–Crippen MR) is 76.9 cm³/mol. The molecule has 0 fully saturated rings. The van der Waals surface area contributed by atoms with Crippen LogP contribution in [0.4, 0.5) is 0 Å². The van der Waals surface area contributed by atoms with Crippen molar-refractivity contribution in [2.45, 2.75) is 0 Å². The lowest BCUT2D eigenvalue weighted by Gasteiger charge is -2.19. The van der Waals surface area contributed by atoms with Crippen LogP contribution in [0.2, 0.25) is 0 Å². The topological polar surface area (TPSA) is 128 Å². The lowest BCUT2D eigenvalue weighted by Crippen LogP contribution is -2.21. The monoisotopic (exact) mass is 305 g/mol. The number of allylic oxidation sites excluding steroid dienone is 1. The molecule has 0 unspecified atom stereocenters. The Balaban J connectivity index is 0.00000161. The fourth-order valence-corrected chi connectivity index (χ4v) is 2.92. The molecule has 7 heteroatoms. The molecule has 0 radical (unpaired) electrons. The largest absolute Gasteiger partial charge is 0.744 e. The summed E-state index contributed by atoms with van der Waals surface area (Å²) in [6, 6.07) is 9.84. The zero-order chi connectivity index (χ0) is 14.5. The number of hydrogen-bond donors (Lipinski definition) is 1. The maximum atomic E-state index is 11.8. The molecule has 21 heavy (non-hydrogen) atoms. The first-order chi connectivity index (χ1) is 9.38. The second-order valence-electron chi connectivity index (χ2n) is 4.40. The number of rotatable bonds is 1. The van der Waals surface area contributed by atoms with Crippen LogP contribution in [0.25, 0.3) is 15.7 Å². The van der Waals surface area contributed by atoms with Crippen LogP contribution in [0.5, 0.6) is 0 Å². The summed E-state index contributed by atoms with van der Waals surface area (Å²) >= 11 is 0. The molecule has 2 aromatic rings. The summed E-state index contributed by atoms with van der Waals surface area (Å²) < 4.78 is 33.7. The van der Waals surface area contributed by atoms with E-state index < -0.39 is 26.6 Å². The number of carbonyl (C=O) groups excluding carboxylic acids is 2. The van der Waals surface area contributed by atoms with Gasteiger partial charge in [0.15, 0.2) is 0 Å². The molecule has 0 atom stereocenters. The van der Waals surface area contributed by atoms with E-state index in [1.807, 2.05) is 0 Å². The van der Waals surface area contributed by atoms with Gasteiger partial charge in [-0.2, -0.15) is 0 Å². The van der Waals surface area contributed by atoms with Crippen molar-refractivity contribution in [2.24, 2.45) is 0 Å². The quantitative estimate of drug-likeness (QED) is 0.635. The Bertz CT molecular complexity index is 912. The molecule has 2 aromatic carbocycles. The number of carbonyl (C=O) groups is 2. The zero-order valence-corrected chi connectivity index (χ0v) is 11.8. The predicted octanol–water partition coefficient (Wildman–Crippen LogP) is 1.87. The van der Waals surface area contributed by atoms with Gasteiger partial charge in [-0.25, -0.2) is 8.42 Å². The number of hydrogen-bond acceptors (Lipinski definition) is 5. The molecule has 0 saturated carbocycles. The highest BCUT2D eigenvalue weighted by Gasteiger charge is 2.28. The summed E-state index contributed by atoms with van der Waals surface area (Å²) in [5.41, 5.74) is -0.0612. The van der Waals surface area contributed by atoms with Gasteiger partial charge in [0.25, 0.3) is 0 Å². The van der Waals surface area contributed by atoms with E-state index in [0.717, 1.165) is 0 Å².